The second kappa shape index (κ2) is 7.32. The van der Waals surface area contributed by atoms with Crippen LogP contribution in [0, 0.1) is 0 Å². The van der Waals surface area contributed by atoms with Gasteiger partial charge in [0.15, 0.2) is 0 Å². The highest BCUT2D eigenvalue weighted by molar-refractivity contribution is 5.25. The number of rotatable bonds is 6. The molecule has 0 aliphatic heterocycles. The van der Waals surface area contributed by atoms with Crippen LogP contribution in [-0.2, 0) is 6.42 Å². The lowest BCUT2D eigenvalue weighted by molar-refractivity contribution is 0.687. The minimum absolute atomic E-state index is 0.668. The molecule has 1 aromatic rings. The quantitative estimate of drug-likeness (QED) is 0.567. The van der Waals surface area contributed by atoms with Gasteiger partial charge in [0.2, 0.25) is 0 Å². The van der Waals surface area contributed by atoms with Crippen molar-refractivity contribution in [2.45, 2.75) is 59.3 Å². The molecule has 0 heterocycles. The van der Waals surface area contributed by atoms with Crippen LogP contribution >= 0.6 is 0 Å². The van der Waals surface area contributed by atoms with Crippen LogP contribution in [0.5, 0.6) is 0 Å². The average Bonchev–Trinajstić information content (AvgIpc) is 2.38. The molecule has 0 radical (unpaired) electrons. The third kappa shape index (κ3) is 4.77. The summed E-state index contributed by atoms with van der Waals surface area (Å²) in [5.74, 6) is 0.668. The van der Waals surface area contributed by atoms with Crippen LogP contribution in [0.1, 0.15) is 64.0 Å². The molecule has 0 saturated carbocycles. The van der Waals surface area contributed by atoms with Crippen LogP contribution in [0.4, 0.5) is 0 Å². The minimum atomic E-state index is 0.668. The lowest BCUT2D eigenvalue weighted by atomic mass is 9.94. The molecule has 0 fully saturated rings. The fourth-order valence-corrected chi connectivity index (χ4v) is 1.97. The van der Waals surface area contributed by atoms with Gasteiger partial charge in [-0.3, -0.25) is 0 Å². The topological polar surface area (TPSA) is 0 Å². The molecule has 94 valence electrons. The number of aryl methyl sites for hydroxylation is 1. The van der Waals surface area contributed by atoms with Crippen LogP contribution in [0.2, 0.25) is 0 Å². The van der Waals surface area contributed by atoms with Crippen molar-refractivity contribution in [2.24, 2.45) is 0 Å². The second-order valence-corrected chi connectivity index (χ2v) is 4.98. The van der Waals surface area contributed by atoms with Crippen molar-refractivity contribution in [2.75, 3.05) is 0 Å². The normalized spacial score (nSPS) is 13.8. The largest absolute Gasteiger partial charge is 0.0856 e. The second-order valence-electron chi connectivity index (χ2n) is 4.98. The van der Waals surface area contributed by atoms with Crippen molar-refractivity contribution in [1.82, 2.24) is 0 Å². The zero-order chi connectivity index (χ0) is 12.7. The van der Waals surface area contributed by atoms with Crippen LogP contribution in [0.3, 0.4) is 0 Å². The molecule has 0 amide bonds. The van der Waals surface area contributed by atoms with E-state index in [1.54, 1.807) is 0 Å². The highest BCUT2D eigenvalue weighted by Gasteiger charge is 2.04. The number of hydrogen-bond acceptors (Lipinski definition) is 0. The highest BCUT2D eigenvalue weighted by Crippen LogP contribution is 2.21. The molecule has 1 aromatic carbocycles. The van der Waals surface area contributed by atoms with E-state index in [0.29, 0.717) is 5.92 Å². The Morgan fingerprint density at radius 2 is 1.82 bits per heavy atom. The summed E-state index contributed by atoms with van der Waals surface area (Å²) in [4.78, 5) is 0. The molecule has 1 atom stereocenters. The Morgan fingerprint density at radius 3 is 2.35 bits per heavy atom. The number of hydrogen-bond donors (Lipinski definition) is 0. The first-order valence-electron chi connectivity index (χ1n) is 6.91. The van der Waals surface area contributed by atoms with Crippen molar-refractivity contribution in [1.29, 1.82) is 0 Å². The van der Waals surface area contributed by atoms with Crippen LogP contribution in [-0.4, -0.2) is 0 Å². The van der Waals surface area contributed by atoms with Gasteiger partial charge in [0.05, 0.1) is 0 Å². The van der Waals surface area contributed by atoms with E-state index in [9.17, 15) is 0 Å². The average molecular weight is 230 g/mol. The smallest absolute Gasteiger partial charge is 0.0187 e. The van der Waals surface area contributed by atoms with Gasteiger partial charge in [-0.05, 0) is 49.7 Å². The molecule has 0 bridgehead atoms. The summed E-state index contributed by atoms with van der Waals surface area (Å²) < 4.78 is 0. The third-order valence-electron chi connectivity index (χ3n) is 3.61. The van der Waals surface area contributed by atoms with E-state index in [-0.39, 0.29) is 0 Å². The van der Waals surface area contributed by atoms with Crippen molar-refractivity contribution in [3.05, 3.63) is 47.0 Å². The molecule has 17 heavy (non-hydrogen) atoms. The monoisotopic (exact) mass is 230 g/mol. The van der Waals surface area contributed by atoms with Crippen molar-refractivity contribution < 1.29 is 0 Å². The Bertz CT molecular complexity index is 343. The third-order valence-corrected chi connectivity index (χ3v) is 3.61. The van der Waals surface area contributed by atoms with Crippen LogP contribution in [0.15, 0.2) is 35.9 Å². The first-order valence-corrected chi connectivity index (χ1v) is 6.91. The molecule has 0 aromatic heterocycles. The maximum atomic E-state index is 2.39. The molecular formula is C17H26. The Hall–Kier alpha value is -1.04. The number of allylic oxidation sites excluding steroid dienone is 2. The Labute approximate surface area is 107 Å². The maximum Gasteiger partial charge on any atom is -0.0187 e. The Balaban J connectivity index is 2.49. The predicted octanol–water partition coefficient (Wildman–Crippen LogP) is 5.49. The molecule has 1 unspecified atom stereocenters. The van der Waals surface area contributed by atoms with E-state index >= 15 is 0 Å². The standard InChI is InChI=1S/C17H26/c1-5-14(3)8-7-9-15(4)17-12-10-16(6-2)11-13-17/h8,10-13,15H,5-7,9H2,1-4H3. The van der Waals surface area contributed by atoms with Gasteiger partial charge in [-0.1, -0.05) is 56.7 Å². The molecule has 0 aliphatic carbocycles. The Kier molecular flexibility index (Phi) is 6.04. The molecule has 0 heteroatoms. The van der Waals surface area contributed by atoms with Gasteiger partial charge in [0.25, 0.3) is 0 Å². The van der Waals surface area contributed by atoms with Crippen LogP contribution in [0.25, 0.3) is 0 Å². The molecule has 1 rings (SSSR count). The van der Waals surface area contributed by atoms with Crippen molar-refractivity contribution in [3.8, 4) is 0 Å². The zero-order valence-electron chi connectivity index (χ0n) is 11.8. The molecule has 0 spiro atoms. The molecule has 0 N–H and O–H groups in total. The summed E-state index contributed by atoms with van der Waals surface area (Å²) in [5.41, 5.74) is 4.42. The Morgan fingerprint density at radius 1 is 1.18 bits per heavy atom. The summed E-state index contributed by atoms with van der Waals surface area (Å²) in [6.07, 6.45) is 7.16. The van der Waals surface area contributed by atoms with E-state index in [0.717, 1.165) is 6.42 Å². The fourth-order valence-electron chi connectivity index (χ4n) is 1.97. The van der Waals surface area contributed by atoms with Gasteiger partial charge in [-0.25, -0.2) is 0 Å². The fraction of sp³-hybridized carbons (Fsp3) is 0.529. The van der Waals surface area contributed by atoms with Gasteiger partial charge >= 0.3 is 0 Å². The van der Waals surface area contributed by atoms with Gasteiger partial charge in [-0.15, -0.1) is 0 Å². The van der Waals surface area contributed by atoms with Crippen molar-refractivity contribution >= 4 is 0 Å². The van der Waals surface area contributed by atoms with E-state index < -0.39 is 0 Å². The van der Waals surface area contributed by atoms with E-state index in [1.165, 1.54) is 36.0 Å². The highest BCUT2D eigenvalue weighted by atomic mass is 14.1. The lowest BCUT2D eigenvalue weighted by Crippen LogP contribution is -1.93. The molecule has 0 nitrogen and oxygen atoms in total. The number of benzene rings is 1. The summed E-state index contributed by atoms with van der Waals surface area (Å²) in [5, 5.41) is 0. The minimum Gasteiger partial charge on any atom is -0.0856 e. The lowest BCUT2D eigenvalue weighted by Gasteiger charge is -2.11. The van der Waals surface area contributed by atoms with Gasteiger partial charge in [0.1, 0.15) is 0 Å². The van der Waals surface area contributed by atoms with Gasteiger partial charge in [0, 0.05) is 0 Å². The first-order chi connectivity index (χ1) is 8.17. The molecule has 0 saturated heterocycles. The van der Waals surface area contributed by atoms with Crippen LogP contribution < -0.4 is 0 Å². The summed E-state index contributed by atoms with van der Waals surface area (Å²) in [6.45, 7) is 8.98. The SMILES string of the molecule is CCC(C)=CCCC(C)c1ccc(CC)cc1. The van der Waals surface area contributed by atoms with Gasteiger partial charge in [-0.2, -0.15) is 0 Å². The summed E-state index contributed by atoms with van der Waals surface area (Å²) >= 11 is 0. The van der Waals surface area contributed by atoms with Gasteiger partial charge < -0.3 is 0 Å². The molecular weight excluding hydrogens is 204 g/mol. The molecule has 0 aliphatic rings. The zero-order valence-corrected chi connectivity index (χ0v) is 11.8. The summed E-state index contributed by atoms with van der Waals surface area (Å²) in [6, 6.07) is 9.11. The van der Waals surface area contributed by atoms with E-state index in [4.69, 9.17) is 0 Å². The van der Waals surface area contributed by atoms with E-state index in [1.807, 2.05) is 0 Å². The first kappa shape index (κ1) is 14.0. The maximum absolute atomic E-state index is 2.39. The summed E-state index contributed by atoms with van der Waals surface area (Å²) in [7, 11) is 0. The van der Waals surface area contributed by atoms with Crippen molar-refractivity contribution in [3.63, 3.8) is 0 Å². The predicted molar refractivity (Wildman–Crippen MR) is 77.5 cm³/mol. The van der Waals surface area contributed by atoms with E-state index in [2.05, 4.69) is 58.0 Å².